The predicted molar refractivity (Wildman–Crippen MR) is 54.8 cm³/mol. The Kier molecular flexibility index (Phi) is 2.98. The summed E-state index contributed by atoms with van der Waals surface area (Å²) in [5, 5.41) is 13.4. The second kappa shape index (κ2) is 4.22. The van der Waals surface area contributed by atoms with Crippen LogP contribution in [0.25, 0.3) is 0 Å². The van der Waals surface area contributed by atoms with E-state index < -0.39 is 0 Å². The van der Waals surface area contributed by atoms with Crippen LogP contribution in [-0.4, -0.2) is 29.2 Å². The van der Waals surface area contributed by atoms with Crippen molar-refractivity contribution < 1.29 is 5.11 Å². The van der Waals surface area contributed by atoms with Crippen molar-refractivity contribution in [3.63, 3.8) is 0 Å². The molecule has 0 bridgehead atoms. The molecule has 72 valence electrons. The van der Waals surface area contributed by atoms with E-state index >= 15 is 0 Å². The summed E-state index contributed by atoms with van der Waals surface area (Å²) in [5.74, 6) is 0. The fraction of sp³-hybridized carbons (Fsp3) is 0.600. The van der Waals surface area contributed by atoms with Crippen molar-refractivity contribution in [1.82, 2.24) is 4.90 Å². The largest absolute Gasteiger partial charge is 0.395 e. The van der Waals surface area contributed by atoms with Crippen LogP contribution in [-0.2, 0) is 6.54 Å². The normalized spacial score (nSPS) is 23.9. The number of likely N-dealkylation sites (tertiary alicyclic amines) is 1. The van der Waals surface area contributed by atoms with Crippen LogP contribution in [0.3, 0.4) is 0 Å². The molecule has 2 heterocycles. The van der Waals surface area contributed by atoms with Crippen molar-refractivity contribution in [2.75, 3.05) is 13.2 Å². The molecule has 1 aromatic rings. The first-order valence-electron chi connectivity index (χ1n) is 4.76. The highest BCUT2D eigenvalue weighted by atomic mass is 32.1. The van der Waals surface area contributed by atoms with Gasteiger partial charge in [0.2, 0.25) is 0 Å². The maximum absolute atomic E-state index is 9.13. The Bertz CT molecular complexity index is 247. The van der Waals surface area contributed by atoms with E-state index in [0.717, 1.165) is 19.5 Å². The molecule has 1 N–H and O–H groups in total. The van der Waals surface area contributed by atoms with Crippen molar-refractivity contribution in [3.8, 4) is 0 Å². The molecule has 2 nitrogen and oxygen atoms in total. The summed E-state index contributed by atoms with van der Waals surface area (Å²) >= 11 is 1.74. The molecule has 0 saturated carbocycles. The first-order valence-corrected chi connectivity index (χ1v) is 5.70. The molecular weight excluding hydrogens is 182 g/mol. The van der Waals surface area contributed by atoms with Gasteiger partial charge in [0, 0.05) is 12.6 Å². The van der Waals surface area contributed by atoms with Crippen LogP contribution in [0.5, 0.6) is 0 Å². The van der Waals surface area contributed by atoms with Crippen molar-refractivity contribution in [2.45, 2.75) is 25.4 Å². The molecule has 1 fully saturated rings. The van der Waals surface area contributed by atoms with Gasteiger partial charge in [0.05, 0.1) is 6.61 Å². The molecule has 3 heteroatoms. The highest BCUT2D eigenvalue weighted by Gasteiger charge is 2.23. The lowest BCUT2D eigenvalue weighted by molar-refractivity contribution is 0.154. The van der Waals surface area contributed by atoms with Crippen molar-refractivity contribution in [1.29, 1.82) is 0 Å². The van der Waals surface area contributed by atoms with Crippen LogP contribution < -0.4 is 0 Å². The number of hydrogen-bond acceptors (Lipinski definition) is 3. The average molecular weight is 197 g/mol. The van der Waals surface area contributed by atoms with Gasteiger partial charge < -0.3 is 5.11 Å². The van der Waals surface area contributed by atoms with Crippen LogP contribution in [0.4, 0.5) is 0 Å². The standard InChI is InChI=1S/C10H15NOS/c12-7-10-2-1-4-11(10)6-9-3-5-13-8-9/h3,5,8,10,12H,1-2,4,6-7H2. The van der Waals surface area contributed by atoms with E-state index in [2.05, 4.69) is 21.7 Å². The Balaban J connectivity index is 1.94. The number of aliphatic hydroxyl groups excluding tert-OH is 1. The number of hydrogen-bond donors (Lipinski definition) is 1. The van der Waals surface area contributed by atoms with Gasteiger partial charge >= 0.3 is 0 Å². The third-order valence-corrected chi connectivity index (χ3v) is 3.41. The molecule has 13 heavy (non-hydrogen) atoms. The molecule has 1 aliphatic rings. The zero-order valence-electron chi connectivity index (χ0n) is 7.65. The Morgan fingerprint density at radius 2 is 2.54 bits per heavy atom. The smallest absolute Gasteiger partial charge is 0.0587 e. The van der Waals surface area contributed by atoms with Gasteiger partial charge in [-0.2, -0.15) is 11.3 Å². The fourth-order valence-electron chi connectivity index (χ4n) is 1.93. The number of nitrogens with zero attached hydrogens (tertiary/aromatic N) is 1. The molecule has 1 aliphatic heterocycles. The van der Waals surface area contributed by atoms with E-state index in [1.807, 2.05) is 0 Å². The Morgan fingerprint density at radius 3 is 3.23 bits per heavy atom. The third-order valence-electron chi connectivity index (χ3n) is 2.68. The summed E-state index contributed by atoms with van der Waals surface area (Å²) < 4.78 is 0. The Morgan fingerprint density at radius 1 is 1.62 bits per heavy atom. The highest BCUT2D eigenvalue weighted by Crippen LogP contribution is 2.20. The molecule has 0 aliphatic carbocycles. The number of thiophene rings is 1. The lowest BCUT2D eigenvalue weighted by Crippen LogP contribution is -2.31. The maximum Gasteiger partial charge on any atom is 0.0587 e. The van der Waals surface area contributed by atoms with Gasteiger partial charge in [-0.3, -0.25) is 4.90 Å². The summed E-state index contributed by atoms with van der Waals surface area (Å²) in [4.78, 5) is 2.38. The van der Waals surface area contributed by atoms with Crippen LogP contribution in [0, 0.1) is 0 Å². The zero-order valence-corrected chi connectivity index (χ0v) is 8.46. The van der Waals surface area contributed by atoms with Crippen LogP contribution in [0.2, 0.25) is 0 Å². The molecule has 0 spiro atoms. The predicted octanol–water partition coefficient (Wildman–Crippen LogP) is 1.70. The van der Waals surface area contributed by atoms with E-state index in [1.165, 1.54) is 12.0 Å². The van der Waals surface area contributed by atoms with Crippen LogP contribution >= 0.6 is 11.3 Å². The summed E-state index contributed by atoms with van der Waals surface area (Å²) in [5.41, 5.74) is 1.38. The van der Waals surface area contributed by atoms with E-state index in [4.69, 9.17) is 5.11 Å². The van der Waals surface area contributed by atoms with Gasteiger partial charge in [0.1, 0.15) is 0 Å². The molecule has 0 radical (unpaired) electrons. The molecular formula is C10H15NOS. The second-order valence-electron chi connectivity index (χ2n) is 3.58. The first-order chi connectivity index (χ1) is 6.40. The second-order valence-corrected chi connectivity index (χ2v) is 4.36. The van der Waals surface area contributed by atoms with Crippen molar-refractivity contribution >= 4 is 11.3 Å². The minimum atomic E-state index is 0.310. The van der Waals surface area contributed by atoms with E-state index in [0.29, 0.717) is 12.6 Å². The van der Waals surface area contributed by atoms with Gasteiger partial charge in [0.15, 0.2) is 0 Å². The molecule has 0 amide bonds. The van der Waals surface area contributed by atoms with Gasteiger partial charge in [-0.05, 0) is 41.8 Å². The average Bonchev–Trinajstić information content (AvgIpc) is 2.76. The SMILES string of the molecule is OCC1CCCN1Cc1ccsc1. The Labute approximate surface area is 82.8 Å². The highest BCUT2D eigenvalue weighted by molar-refractivity contribution is 7.07. The zero-order chi connectivity index (χ0) is 9.10. The Hall–Kier alpha value is -0.380. The lowest BCUT2D eigenvalue weighted by atomic mass is 10.2. The molecule has 2 rings (SSSR count). The third kappa shape index (κ3) is 2.10. The van der Waals surface area contributed by atoms with E-state index in [-0.39, 0.29) is 0 Å². The summed E-state index contributed by atoms with van der Waals surface area (Å²) in [6, 6.07) is 2.57. The van der Waals surface area contributed by atoms with E-state index in [1.54, 1.807) is 11.3 Å². The number of rotatable bonds is 3. The van der Waals surface area contributed by atoms with Crippen molar-refractivity contribution in [3.05, 3.63) is 22.4 Å². The quantitative estimate of drug-likeness (QED) is 0.797. The van der Waals surface area contributed by atoms with Gasteiger partial charge in [-0.25, -0.2) is 0 Å². The maximum atomic E-state index is 9.13. The van der Waals surface area contributed by atoms with Crippen LogP contribution in [0.1, 0.15) is 18.4 Å². The molecule has 1 aromatic heterocycles. The molecule has 1 unspecified atom stereocenters. The summed E-state index contributed by atoms with van der Waals surface area (Å²) in [6.07, 6.45) is 2.38. The molecule has 1 saturated heterocycles. The number of aliphatic hydroxyl groups is 1. The van der Waals surface area contributed by atoms with E-state index in [9.17, 15) is 0 Å². The monoisotopic (exact) mass is 197 g/mol. The topological polar surface area (TPSA) is 23.5 Å². The summed E-state index contributed by atoms with van der Waals surface area (Å²) in [6.45, 7) is 2.46. The minimum absolute atomic E-state index is 0.310. The van der Waals surface area contributed by atoms with Gasteiger partial charge in [0.25, 0.3) is 0 Å². The van der Waals surface area contributed by atoms with Gasteiger partial charge in [-0.1, -0.05) is 0 Å². The molecule has 0 aromatic carbocycles. The fourth-order valence-corrected chi connectivity index (χ4v) is 2.59. The van der Waals surface area contributed by atoms with Crippen LogP contribution in [0.15, 0.2) is 16.8 Å². The van der Waals surface area contributed by atoms with Gasteiger partial charge in [-0.15, -0.1) is 0 Å². The minimum Gasteiger partial charge on any atom is -0.395 e. The summed E-state index contributed by atoms with van der Waals surface area (Å²) in [7, 11) is 0. The molecule has 1 atom stereocenters. The first kappa shape index (κ1) is 9.19. The lowest BCUT2D eigenvalue weighted by Gasteiger charge is -2.21. The van der Waals surface area contributed by atoms with Crippen molar-refractivity contribution in [2.24, 2.45) is 0 Å².